The molecule has 3 rings (SSSR count). The van der Waals surface area contributed by atoms with Gasteiger partial charge in [-0.25, -0.2) is 4.98 Å². The van der Waals surface area contributed by atoms with Crippen LogP contribution in [0.25, 0.3) is 11.6 Å². The summed E-state index contributed by atoms with van der Waals surface area (Å²) in [5, 5.41) is 7.34. The van der Waals surface area contributed by atoms with Gasteiger partial charge in [0.15, 0.2) is 5.82 Å². The van der Waals surface area contributed by atoms with E-state index in [1.165, 1.54) is 6.42 Å². The number of hydrogen-bond acceptors (Lipinski definition) is 5. The van der Waals surface area contributed by atoms with Gasteiger partial charge in [0.1, 0.15) is 5.69 Å². The predicted molar refractivity (Wildman–Crippen MR) is 56.5 cm³/mol. The first kappa shape index (κ1) is 9.53. The van der Waals surface area contributed by atoms with E-state index in [9.17, 15) is 0 Å². The molecule has 0 bridgehead atoms. The van der Waals surface area contributed by atoms with Crippen LogP contribution in [0.4, 0.5) is 0 Å². The summed E-state index contributed by atoms with van der Waals surface area (Å²) >= 11 is 0. The molecule has 0 spiro atoms. The van der Waals surface area contributed by atoms with Crippen molar-refractivity contribution in [3.63, 3.8) is 0 Å². The largest absolute Gasteiger partial charge is 0.332 e. The molecule has 0 saturated carbocycles. The van der Waals surface area contributed by atoms with E-state index in [1.54, 1.807) is 12.5 Å². The lowest BCUT2D eigenvalue weighted by atomic mass is 10.2. The van der Waals surface area contributed by atoms with E-state index in [4.69, 9.17) is 4.52 Å². The number of hydrogen-bond donors (Lipinski definition) is 1. The van der Waals surface area contributed by atoms with E-state index in [0.717, 1.165) is 24.5 Å². The normalized spacial score (nSPS) is 20.4. The minimum absolute atomic E-state index is 0.241. The number of nitrogens with zero attached hydrogens (tertiary/aromatic N) is 4. The van der Waals surface area contributed by atoms with Crippen molar-refractivity contribution in [3.8, 4) is 11.6 Å². The second kappa shape index (κ2) is 3.71. The molecule has 1 unspecified atom stereocenters. The maximum absolute atomic E-state index is 5.24. The Hall–Kier alpha value is -1.69. The van der Waals surface area contributed by atoms with Crippen LogP contribution in [-0.2, 0) is 7.05 Å². The van der Waals surface area contributed by atoms with E-state index < -0.39 is 0 Å². The maximum Gasteiger partial charge on any atom is 0.276 e. The molecule has 2 aromatic rings. The van der Waals surface area contributed by atoms with Crippen molar-refractivity contribution >= 4 is 0 Å². The molecule has 1 fully saturated rings. The zero-order chi connectivity index (χ0) is 11.0. The van der Waals surface area contributed by atoms with Crippen LogP contribution in [0.5, 0.6) is 0 Å². The van der Waals surface area contributed by atoms with Gasteiger partial charge in [-0.15, -0.1) is 0 Å². The Morgan fingerprint density at radius 1 is 1.56 bits per heavy atom. The molecule has 0 aromatic carbocycles. The first-order valence-electron chi connectivity index (χ1n) is 5.38. The van der Waals surface area contributed by atoms with Gasteiger partial charge in [0.25, 0.3) is 5.89 Å². The van der Waals surface area contributed by atoms with E-state index in [1.807, 2.05) is 11.6 Å². The summed E-state index contributed by atoms with van der Waals surface area (Å²) < 4.78 is 7.10. The van der Waals surface area contributed by atoms with Crippen molar-refractivity contribution in [1.82, 2.24) is 25.0 Å². The van der Waals surface area contributed by atoms with Gasteiger partial charge in [0.2, 0.25) is 0 Å². The fourth-order valence-electron chi connectivity index (χ4n) is 1.95. The van der Waals surface area contributed by atoms with E-state index in [-0.39, 0.29) is 6.04 Å². The summed E-state index contributed by atoms with van der Waals surface area (Å²) in [6, 6.07) is 0.241. The van der Waals surface area contributed by atoms with Crippen molar-refractivity contribution in [2.75, 3.05) is 6.54 Å². The van der Waals surface area contributed by atoms with Crippen molar-refractivity contribution in [2.45, 2.75) is 18.9 Å². The minimum atomic E-state index is 0.241. The molecule has 1 N–H and O–H groups in total. The average Bonchev–Trinajstić information content (AvgIpc) is 2.96. The Labute approximate surface area is 92.7 Å². The summed E-state index contributed by atoms with van der Waals surface area (Å²) in [5.41, 5.74) is 0.844. The lowest BCUT2D eigenvalue weighted by molar-refractivity contribution is 0.410. The third-order valence-corrected chi connectivity index (χ3v) is 2.85. The average molecular weight is 219 g/mol. The summed E-state index contributed by atoms with van der Waals surface area (Å²) in [7, 11) is 1.90. The zero-order valence-electron chi connectivity index (χ0n) is 9.05. The fourth-order valence-corrected chi connectivity index (χ4v) is 1.95. The highest BCUT2D eigenvalue weighted by atomic mass is 16.5. The molecule has 0 radical (unpaired) electrons. The van der Waals surface area contributed by atoms with Crippen LogP contribution in [0.3, 0.4) is 0 Å². The standard InChI is InChI=1S/C10H13N5O/c1-15-6-11-5-8(15)10-13-9(14-16-10)7-3-2-4-12-7/h5-7,12H,2-4H2,1H3. The van der Waals surface area contributed by atoms with Crippen LogP contribution in [-0.4, -0.2) is 26.2 Å². The van der Waals surface area contributed by atoms with Crippen LogP contribution in [0.1, 0.15) is 24.7 Å². The van der Waals surface area contributed by atoms with Gasteiger partial charge in [0.05, 0.1) is 18.6 Å². The monoisotopic (exact) mass is 219 g/mol. The Kier molecular flexibility index (Phi) is 2.21. The number of imidazole rings is 1. The molecule has 1 aliphatic heterocycles. The second-order valence-corrected chi connectivity index (χ2v) is 4.00. The molecule has 6 heteroatoms. The Morgan fingerprint density at radius 3 is 3.19 bits per heavy atom. The summed E-state index contributed by atoms with van der Waals surface area (Å²) in [6.45, 7) is 1.03. The number of rotatable bonds is 2. The summed E-state index contributed by atoms with van der Waals surface area (Å²) in [5.74, 6) is 1.28. The van der Waals surface area contributed by atoms with E-state index >= 15 is 0 Å². The Bertz CT molecular complexity index is 483. The van der Waals surface area contributed by atoms with Gasteiger partial charge >= 0.3 is 0 Å². The second-order valence-electron chi connectivity index (χ2n) is 4.00. The van der Waals surface area contributed by atoms with Crippen molar-refractivity contribution in [3.05, 3.63) is 18.3 Å². The van der Waals surface area contributed by atoms with Gasteiger partial charge in [0, 0.05) is 7.05 Å². The summed E-state index contributed by atoms with van der Waals surface area (Å²) in [4.78, 5) is 8.42. The van der Waals surface area contributed by atoms with Crippen LogP contribution >= 0.6 is 0 Å². The molecular weight excluding hydrogens is 206 g/mol. The first-order valence-corrected chi connectivity index (χ1v) is 5.38. The quantitative estimate of drug-likeness (QED) is 0.812. The van der Waals surface area contributed by atoms with Gasteiger partial charge in [-0.3, -0.25) is 0 Å². The van der Waals surface area contributed by atoms with E-state index in [0.29, 0.717) is 5.89 Å². The van der Waals surface area contributed by atoms with Crippen LogP contribution in [0.15, 0.2) is 17.0 Å². The van der Waals surface area contributed by atoms with Crippen LogP contribution in [0.2, 0.25) is 0 Å². The van der Waals surface area contributed by atoms with Crippen molar-refractivity contribution in [1.29, 1.82) is 0 Å². The van der Waals surface area contributed by atoms with Crippen LogP contribution < -0.4 is 5.32 Å². The summed E-state index contributed by atoms with van der Waals surface area (Å²) in [6.07, 6.45) is 5.68. The highest BCUT2D eigenvalue weighted by molar-refractivity contribution is 5.45. The molecular formula is C10H13N5O. The van der Waals surface area contributed by atoms with Gasteiger partial charge in [-0.2, -0.15) is 4.98 Å². The first-order chi connectivity index (χ1) is 7.84. The number of nitrogens with one attached hydrogen (secondary N) is 1. The molecule has 3 heterocycles. The number of aromatic nitrogens is 4. The third kappa shape index (κ3) is 1.51. The fraction of sp³-hybridized carbons (Fsp3) is 0.500. The lowest BCUT2D eigenvalue weighted by Crippen LogP contribution is -2.14. The Morgan fingerprint density at radius 2 is 2.50 bits per heavy atom. The molecule has 0 amide bonds. The number of aryl methyl sites for hydroxylation is 1. The molecule has 16 heavy (non-hydrogen) atoms. The minimum Gasteiger partial charge on any atom is -0.332 e. The maximum atomic E-state index is 5.24. The van der Waals surface area contributed by atoms with Crippen molar-refractivity contribution in [2.24, 2.45) is 7.05 Å². The molecule has 1 saturated heterocycles. The molecule has 0 aliphatic carbocycles. The highest BCUT2D eigenvalue weighted by Crippen LogP contribution is 2.23. The lowest BCUT2D eigenvalue weighted by Gasteiger charge is -2.01. The van der Waals surface area contributed by atoms with Gasteiger partial charge in [-0.1, -0.05) is 5.16 Å². The highest BCUT2D eigenvalue weighted by Gasteiger charge is 2.22. The molecule has 84 valence electrons. The predicted octanol–water partition coefficient (Wildman–Crippen LogP) is 0.895. The Balaban J connectivity index is 1.90. The third-order valence-electron chi connectivity index (χ3n) is 2.85. The SMILES string of the molecule is Cn1cncc1-c1nc(C2CCCN2)no1. The van der Waals surface area contributed by atoms with Crippen molar-refractivity contribution < 1.29 is 4.52 Å². The van der Waals surface area contributed by atoms with E-state index in [2.05, 4.69) is 20.4 Å². The van der Waals surface area contributed by atoms with Gasteiger partial charge < -0.3 is 14.4 Å². The van der Waals surface area contributed by atoms with Gasteiger partial charge in [-0.05, 0) is 19.4 Å². The molecule has 6 nitrogen and oxygen atoms in total. The molecule has 1 atom stereocenters. The van der Waals surface area contributed by atoms with Crippen LogP contribution in [0, 0.1) is 0 Å². The topological polar surface area (TPSA) is 68.8 Å². The smallest absolute Gasteiger partial charge is 0.276 e. The molecule has 1 aliphatic rings. The molecule has 2 aromatic heterocycles. The zero-order valence-corrected chi connectivity index (χ0v) is 9.05.